The van der Waals surface area contributed by atoms with E-state index in [1.165, 1.54) is 0 Å². The van der Waals surface area contributed by atoms with Crippen molar-refractivity contribution in [3.63, 3.8) is 0 Å². The first-order chi connectivity index (χ1) is 15.4. The Balaban J connectivity index is 1.77. The van der Waals surface area contributed by atoms with Gasteiger partial charge in [0, 0.05) is 25.5 Å². The highest BCUT2D eigenvalue weighted by Gasteiger charge is 2.40. The van der Waals surface area contributed by atoms with Crippen LogP contribution in [0, 0.1) is 18.3 Å². The molecule has 4 rings (SSSR count). The van der Waals surface area contributed by atoms with Gasteiger partial charge in [0.1, 0.15) is 5.70 Å². The quantitative estimate of drug-likeness (QED) is 0.620. The van der Waals surface area contributed by atoms with Crippen LogP contribution < -0.4 is 15.1 Å². The average Bonchev–Trinajstić information content (AvgIpc) is 3.04. The van der Waals surface area contributed by atoms with Crippen LogP contribution in [0.15, 0.2) is 78.5 Å². The van der Waals surface area contributed by atoms with Crippen LogP contribution in [0.25, 0.3) is 5.57 Å². The zero-order chi connectivity index (χ0) is 22.8. The number of rotatable bonds is 5. The summed E-state index contributed by atoms with van der Waals surface area (Å²) in [5.74, 6) is -0.844. The normalized spacial score (nSPS) is 13.4. The van der Waals surface area contributed by atoms with Crippen molar-refractivity contribution >= 4 is 34.4 Å². The number of amides is 2. The predicted octanol–water partition coefficient (Wildman–Crippen LogP) is 4.33. The van der Waals surface area contributed by atoms with E-state index in [1.54, 1.807) is 24.3 Å². The van der Waals surface area contributed by atoms with Crippen molar-refractivity contribution in [1.82, 2.24) is 0 Å². The molecule has 2 amide bonds. The second-order valence-electron chi connectivity index (χ2n) is 7.79. The first-order valence-corrected chi connectivity index (χ1v) is 10.1. The molecule has 158 valence electrons. The van der Waals surface area contributed by atoms with Crippen molar-refractivity contribution in [3.8, 4) is 6.07 Å². The lowest BCUT2D eigenvalue weighted by Gasteiger charge is -2.16. The van der Waals surface area contributed by atoms with Crippen LogP contribution in [0.4, 0.5) is 17.1 Å². The second-order valence-corrected chi connectivity index (χ2v) is 7.79. The molecule has 32 heavy (non-hydrogen) atoms. The van der Waals surface area contributed by atoms with E-state index in [4.69, 9.17) is 5.26 Å². The smallest absolute Gasteiger partial charge is 0.282 e. The van der Waals surface area contributed by atoms with Gasteiger partial charge >= 0.3 is 0 Å². The molecule has 0 saturated heterocycles. The van der Waals surface area contributed by atoms with Crippen molar-refractivity contribution in [2.75, 3.05) is 29.2 Å². The Hall–Kier alpha value is -4.37. The number of nitrogens with zero attached hydrogens (tertiary/aromatic N) is 3. The van der Waals surface area contributed by atoms with E-state index in [2.05, 4.69) is 5.32 Å². The molecule has 0 spiro atoms. The lowest BCUT2D eigenvalue weighted by Crippen LogP contribution is -2.32. The third kappa shape index (κ3) is 3.84. The summed E-state index contributed by atoms with van der Waals surface area (Å²) in [6.07, 6.45) is 0. The molecular weight excluding hydrogens is 400 g/mol. The SMILES string of the molecule is Cc1ccc(C2=C(Nc3ccc(N(C)C)cc3)C(=O)N(c3ccc(C#N)cc3)C2=O)cc1. The van der Waals surface area contributed by atoms with Gasteiger partial charge in [-0.1, -0.05) is 29.8 Å². The van der Waals surface area contributed by atoms with Gasteiger partial charge in [-0.25, -0.2) is 4.90 Å². The number of anilines is 3. The molecule has 3 aromatic carbocycles. The number of hydrogen-bond acceptors (Lipinski definition) is 5. The molecule has 1 aliphatic rings. The lowest BCUT2D eigenvalue weighted by atomic mass is 10.0. The summed E-state index contributed by atoms with van der Waals surface area (Å²) in [6, 6.07) is 23.6. The summed E-state index contributed by atoms with van der Waals surface area (Å²) in [7, 11) is 3.91. The van der Waals surface area contributed by atoms with Crippen LogP contribution >= 0.6 is 0 Å². The fourth-order valence-electron chi connectivity index (χ4n) is 3.54. The number of hydrogen-bond donors (Lipinski definition) is 1. The molecule has 0 unspecified atom stereocenters. The Kier molecular flexibility index (Phi) is 5.48. The largest absolute Gasteiger partial charge is 0.378 e. The zero-order valence-corrected chi connectivity index (χ0v) is 18.1. The Labute approximate surface area is 187 Å². The summed E-state index contributed by atoms with van der Waals surface area (Å²) in [5, 5.41) is 12.2. The Bertz CT molecular complexity index is 1250. The van der Waals surface area contributed by atoms with Gasteiger partial charge in [-0.2, -0.15) is 5.26 Å². The van der Waals surface area contributed by atoms with E-state index < -0.39 is 11.8 Å². The molecule has 0 atom stereocenters. The summed E-state index contributed by atoms with van der Waals surface area (Å²) in [5.41, 5.74) is 4.87. The van der Waals surface area contributed by atoms with E-state index in [9.17, 15) is 9.59 Å². The van der Waals surface area contributed by atoms with Gasteiger partial charge in [-0.05, 0) is 61.0 Å². The second kappa shape index (κ2) is 8.40. The molecule has 0 aliphatic carbocycles. The molecular formula is C26H22N4O2. The highest BCUT2D eigenvalue weighted by atomic mass is 16.2. The van der Waals surface area contributed by atoms with Crippen LogP contribution in [-0.2, 0) is 9.59 Å². The monoisotopic (exact) mass is 422 g/mol. The average molecular weight is 422 g/mol. The van der Waals surface area contributed by atoms with Gasteiger partial charge in [0.2, 0.25) is 0 Å². The number of carbonyl (C=O) groups is 2. The maximum Gasteiger partial charge on any atom is 0.282 e. The minimum absolute atomic E-state index is 0.223. The van der Waals surface area contributed by atoms with Crippen molar-refractivity contribution in [1.29, 1.82) is 5.26 Å². The molecule has 1 N–H and O–H groups in total. The van der Waals surface area contributed by atoms with Crippen LogP contribution in [0.3, 0.4) is 0 Å². The lowest BCUT2D eigenvalue weighted by molar-refractivity contribution is -0.120. The topological polar surface area (TPSA) is 76.4 Å². The fourth-order valence-corrected chi connectivity index (χ4v) is 3.54. The third-order valence-electron chi connectivity index (χ3n) is 5.33. The minimum atomic E-state index is -0.438. The molecule has 1 aliphatic heterocycles. The zero-order valence-electron chi connectivity index (χ0n) is 18.1. The number of nitriles is 1. The van der Waals surface area contributed by atoms with E-state index in [-0.39, 0.29) is 5.70 Å². The number of aryl methyl sites for hydroxylation is 1. The highest BCUT2D eigenvalue weighted by Crippen LogP contribution is 2.34. The minimum Gasteiger partial charge on any atom is -0.378 e. The Morgan fingerprint density at radius 2 is 1.47 bits per heavy atom. The van der Waals surface area contributed by atoms with Gasteiger partial charge in [-0.15, -0.1) is 0 Å². The summed E-state index contributed by atoms with van der Waals surface area (Å²) in [4.78, 5) is 30.0. The summed E-state index contributed by atoms with van der Waals surface area (Å²) < 4.78 is 0. The van der Waals surface area contributed by atoms with Crippen LogP contribution in [0.1, 0.15) is 16.7 Å². The number of carbonyl (C=O) groups excluding carboxylic acids is 2. The van der Waals surface area contributed by atoms with Gasteiger partial charge < -0.3 is 10.2 Å². The number of nitrogens with one attached hydrogen (secondary N) is 1. The van der Waals surface area contributed by atoms with E-state index in [0.29, 0.717) is 28.1 Å². The summed E-state index contributed by atoms with van der Waals surface area (Å²) >= 11 is 0. The van der Waals surface area contributed by atoms with Crippen LogP contribution in [0.5, 0.6) is 0 Å². The number of imide groups is 1. The maximum absolute atomic E-state index is 13.4. The van der Waals surface area contributed by atoms with E-state index in [0.717, 1.165) is 16.2 Å². The van der Waals surface area contributed by atoms with E-state index >= 15 is 0 Å². The molecule has 0 fully saturated rings. The molecule has 6 heteroatoms. The standard InChI is InChI=1S/C26H22N4O2/c1-17-4-8-19(9-5-17)23-24(28-20-10-14-21(15-11-20)29(2)3)26(32)30(25(23)31)22-12-6-18(16-27)7-13-22/h4-15,28H,1-3H3. The molecule has 1 heterocycles. The van der Waals surface area contributed by atoms with Crippen LogP contribution in [-0.4, -0.2) is 25.9 Å². The molecule has 0 saturated carbocycles. The van der Waals surface area contributed by atoms with Crippen molar-refractivity contribution in [3.05, 3.63) is 95.2 Å². The molecule has 6 nitrogen and oxygen atoms in total. The maximum atomic E-state index is 13.4. The Morgan fingerprint density at radius 1 is 0.844 bits per heavy atom. The van der Waals surface area contributed by atoms with Gasteiger partial charge in [0.25, 0.3) is 11.8 Å². The van der Waals surface area contributed by atoms with Gasteiger partial charge in [0.05, 0.1) is 22.9 Å². The fraction of sp³-hybridized carbons (Fsp3) is 0.115. The van der Waals surface area contributed by atoms with Crippen molar-refractivity contribution in [2.24, 2.45) is 0 Å². The first kappa shape index (κ1) is 20.9. The van der Waals surface area contributed by atoms with Gasteiger partial charge in [0.15, 0.2) is 0 Å². The molecule has 0 aromatic heterocycles. The highest BCUT2D eigenvalue weighted by molar-refractivity contribution is 6.46. The van der Waals surface area contributed by atoms with Gasteiger partial charge in [-0.3, -0.25) is 9.59 Å². The molecule has 0 bridgehead atoms. The van der Waals surface area contributed by atoms with E-state index in [1.807, 2.05) is 80.5 Å². The third-order valence-corrected chi connectivity index (χ3v) is 5.33. The molecule has 3 aromatic rings. The van der Waals surface area contributed by atoms with Crippen molar-refractivity contribution < 1.29 is 9.59 Å². The van der Waals surface area contributed by atoms with Crippen LogP contribution in [0.2, 0.25) is 0 Å². The number of benzene rings is 3. The molecule has 0 radical (unpaired) electrons. The summed E-state index contributed by atoms with van der Waals surface area (Å²) in [6.45, 7) is 1.97. The Morgan fingerprint density at radius 3 is 2.03 bits per heavy atom. The first-order valence-electron chi connectivity index (χ1n) is 10.1. The predicted molar refractivity (Wildman–Crippen MR) is 126 cm³/mol. The van der Waals surface area contributed by atoms with Crippen molar-refractivity contribution in [2.45, 2.75) is 6.92 Å².